The van der Waals surface area contributed by atoms with Crippen molar-refractivity contribution >= 4 is 0 Å². The van der Waals surface area contributed by atoms with Crippen LogP contribution in [0.15, 0.2) is 42.5 Å². The molecule has 29 heavy (non-hydrogen) atoms. The topological polar surface area (TPSA) is 43.2 Å². The molecular formula is C24H30N4O. The molecule has 0 fully saturated rings. The lowest BCUT2D eigenvalue weighted by atomic mass is 10.0. The van der Waals surface area contributed by atoms with E-state index in [4.69, 9.17) is 4.74 Å². The summed E-state index contributed by atoms with van der Waals surface area (Å²) in [4.78, 5) is 2.53. The predicted octanol–water partition coefficient (Wildman–Crippen LogP) is 3.75. The van der Waals surface area contributed by atoms with Gasteiger partial charge in [0.05, 0.1) is 7.11 Å². The van der Waals surface area contributed by atoms with Gasteiger partial charge < -0.3 is 9.30 Å². The van der Waals surface area contributed by atoms with Gasteiger partial charge in [0.2, 0.25) is 0 Å². The highest BCUT2D eigenvalue weighted by Crippen LogP contribution is 2.24. The third-order valence-corrected chi connectivity index (χ3v) is 5.92. The van der Waals surface area contributed by atoms with Crippen LogP contribution in [0.25, 0.3) is 0 Å². The first kappa shape index (κ1) is 19.6. The zero-order chi connectivity index (χ0) is 20.2. The normalized spacial score (nSPS) is 14.4. The largest absolute Gasteiger partial charge is 0.496 e. The Balaban J connectivity index is 1.41. The molecule has 5 heteroatoms. The Hall–Kier alpha value is -2.66. The van der Waals surface area contributed by atoms with Crippen LogP contribution in [-0.2, 0) is 32.4 Å². The van der Waals surface area contributed by atoms with Crippen LogP contribution in [0, 0.1) is 13.8 Å². The van der Waals surface area contributed by atoms with E-state index in [-0.39, 0.29) is 0 Å². The summed E-state index contributed by atoms with van der Waals surface area (Å²) in [6.07, 6.45) is 2.90. The van der Waals surface area contributed by atoms with Gasteiger partial charge in [-0.25, -0.2) is 0 Å². The van der Waals surface area contributed by atoms with Gasteiger partial charge in [0.1, 0.15) is 17.4 Å². The quantitative estimate of drug-likeness (QED) is 0.643. The van der Waals surface area contributed by atoms with Crippen LogP contribution in [-0.4, -0.2) is 39.9 Å². The van der Waals surface area contributed by atoms with Crippen molar-refractivity contribution in [1.82, 2.24) is 19.7 Å². The van der Waals surface area contributed by atoms with Crippen molar-refractivity contribution in [2.45, 2.75) is 46.2 Å². The van der Waals surface area contributed by atoms with Crippen molar-refractivity contribution in [3.63, 3.8) is 0 Å². The van der Waals surface area contributed by atoms with Gasteiger partial charge in [0.25, 0.3) is 0 Å². The third kappa shape index (κ3) is 4.51. The number of nitrogens with zero attached hydrogens (tertiary/aromatic N) is 4. The zero-order valence-electron chi connectivity index (χ0n) is 17.7. The Morgan fingerprint density at radius 3 is 2.55 bits per heavy atom. The van der Waals surface area contributed by atoms with Crippen molar-refractivity contribution < 1.29 is 4.74 Å². The molecule has 0 atom stereocenters. The Labute approximate surface area is 173 Å². The van der Waals surface area contributed by atoms with Gasteiger partial charge in [-0.15, -0.1) is 10.2 Å². The van der Waals surface area contributed by atoms with Crippen LogP contribution in [0.1, 0.15) is 33.9 Å². The molecule has 0 unspecified atom stereocenters. The maximum atomic E-state index is 5.46. The molecule has 3 aromatic rings. The highest BCUT2D eigenvalue weighted by molar-refractivity contribution is 5.41. The van der Waals surface area contributed by atoms with E-state index in [1.54, 1.807) is 7.11 Å². The summed E-state index contributed by atoms with van der Waals surface area (Å²) in [5, 5.41) is 8.98. The molecule has 152 valence electrons. The number of benzene rings is 2. The highest BCUT2D eigenvalue weighted by Gasteiger charge is 2.19. The number of ether oxygens (including phenoxy) is 1. The molecule has 0 bridgehead atoms. The molecule has 1 aliphatic heterocycles. The maximum absolute atomic E-state index is 5.46. The molecule has 0 saturated heterocycles. The van der Waals surface area contributed by atoms with E-state index < -0.39 is 0 Å². The van der Waals surface area contributed by atoms with Crippen LogP contribution >= 0.6 is 0 Å². The van der Waals surface area contributed by atoms with E-state index in [1.807, 2.05) is 0 Å². The van der Waals surface area contributed by atoms with Crippen LogP contribution in [0.2, 0.25) is 0 Å². The van der Waals surface area contributed by atoms with Gasteiger partial charge in [-0.3, -0.25) is 4.90 Å². The smallest absolute Gasteiger partial charge is 0.134 e. The molecule has 4 rings (SSSR count). The van der Waals surface area contributed by atoms with E-state index in [0.717, 1.165) is 62.8 Å². The number of aryl methyl sites for hydroxylation is 4. The molecule has 5 nitrogen and oxygen atoms in total. The summed E-state index contributed by atoms with van der Waals surface area (Å²) in [6.45, 7) is 8.25. The molecule has 1 aromatic heterocycles. The maximum Gasteiger partial charge on any atom is 0.134 e. The van der Waals surface area contributed by atoms with E-state index in [1.165, 1.54) is 22.3 Å². The fraction of sp³-hybridized carbons (Fsp3) is 0.417. The summed E-state index contributed by atoms with van der Waals surface area (Å²) in [5.41, 5.74) is 5.22. The molecule has 0 amide bonds. The number of rotatable bonds is 6. The standard InChI is InChI=1S/C24H30N4O/c1-18-16-22(29-3)19(2)15-21(18)17-27-12-11-24-26-25-23(28(24)14-13-27)10-9-20-7-5-4-6-8-20/h4-8,15-16H,9-14,17H2,1-3H3. The Morgan fingerprint density at radius 2 is 1.76 bits per heavy atom. The Bertz CT molecular complexity index is 965. The minimum absolute atomic E-state index is 0.938. The first-order chi connectivity index (χ1) is 14.1. The predicted molar refractivity (Wildman–Crippen MR) is 115 cm³/mol. The zero-order valence-corrected chi connectivity index (χ0v) is 17.7. The van der Waals surface area contributed by atoms with Crippen LogP contribution in [0.3, 0.4) is 0 Å². The molecule has 2 heterocycles. The second-order valence-electron chi connectivity index (χ2n) is 7.94. The van der Waals surface area contributed by atoms with Crippen molar-refractivity contribution in [2.75, 3.05) is 20.2 Å². The van der Waals surface area contributed by atoms with E-state index in [9.17, 15) is 0 Å². The fourth-order valence-electron chi connectivity index (χ4n) is 4.15. The Kier molecular flexibility index (Phi) is 5.95. The summed E-state index contributed by atoms with van der Waals surface area (Å²) in [6, 6.07) is 15.0. The highest BCUT2D eigenvalue weighted by atomic mass is 16.5. The SMILES string of the molecule is COc1cc(C)c(CN2CCc3nnc(CCc4ccccc4)n3CC2)cc1C. The van der Waals surface area contributed by atoms with Crippen molar-refractivity contribution in [1.29, 1.82) is 0 Å². The molecule has 0 radical (unpaired) electrons. The number of hydrogen-bond acceptors (Lipinski definition) is 4. The first-order valence-electron chi connectivity index (χ1n) is 10.5. The summed E-state index contributed by atoms with van der Waals surface area (Å²) < 4.78 is 7.80. The lowest BCUT2D eigenvalue weighted by Gasteiger charge is -2.21. The van der Waals surface area contributed by atoms with Gasteiger partial charge >= 0.3 is 0 Å². The molecule has 1 aliphatic rings. The average Bonchev–Trinajstić information content (AvgIpc) is 3.02. The molecule has 0 N–H and O–H groups in total. The van der Waals surface area contributed by atoms with Gasteiger partial charge in [0.15, 0.2) is 0 Å². The minimum Gasteiger partial charge on any atom is -0.496 e. The summed E-state index contributed by atoms with van der Waals surface area (Å²) in [5.74, 6) is 3.21. The van der Waals surface area contributed by atoms with Gasteiger partial charge in [-0.1, -0.05) is 36.4 Å². The number of fused-ring (bicyclic) bond motifs is 1. The minimum atomic E-state index is 0.938. The lowest BCUT2D eigenvalue weighted by Crippen LogP contribution is -2.27. The average molecular weight is 391 g/mol. The van der Waals surface area contributed by atoms with Crippen LogP contribution in [0.5, 0.6) is 5.75 Å². The number of methoxy groups -OCH3 is 1. The van der Waals surface area contributed by atoms with Gasteiger partial charge in [0, 0.05) is 39.0 Å². The van der Waals surface area contributed by atoms with Crippen molar-refractivity contribution in [3.05, 3.63) is 76.4 Å². The summed E-state index contributed by atoms with van der Waals surface area (Å²) in [7, 11) is 1.74. The molecule has 0 aliphatic carbocycles. The molecule has 0 spiro atoms. The first-order valence-corrected chi connectivity index (χ1v) is 10.5. The number of aromatic nitrogens is 3. The fourth-order valence-corrected chi connectivity index (χ4v) is 4.15. The number of hydrogen-bond donors (Lipinski definition) is 0. The monoisotopic (exact) mass is 390 g/mol. The van der Waals surface area contributed by atoms with Crippen LogP contribution < -0.4 is 4.74 Å². The van der Waals surface area contributed by atoms with Crippen LogP contribution in [0.4, 0.5) is 0 Å². The lowest BCUT2D eigenvalue weighted by molar-refractivity contribution is 0.269. The van der Waals surface area contributed by atoms with Gasteiger partial charge in [-0.2, -0.15) is 0 Å². The second kappa shape index (κ2) is 8.78. The third-order valence-electron chi connectivity index (χ3n) is 5.92. The van der Waals surface area contributed by atoms with E-state index >= 15 is 0 Å². The van der Waals surface area contributed by atoms with E-state index in [2.05, 4.69) is 76.0 Å². The molecular weight excluding hydrogens is 360 g/mol. The molecule has 2 aromatic carbocycles. The summed E-state index contributed by atoms with van der Waals surface area (Å²) >= 11 is 0. The van der Waals surface area contributed by atoms with Crippen molar-refractivity contribution in [2.24, 2.45) is 0 Å². The van der Waals surface area contributed by atoms with Crippen molar-refractivity contribution in [3.8, 4) is 5.75 Å². The molecule has 0 saturated carbocycles. The second-order valence-corrected chi connectivity index (χ2v) is 7.94. The van der Waals surface area contributed by atoms with E-state index in [0.29, 0.717) is 0 Å². The Morgan fingerprint density at radius 1 is 0.931 bits per heavy atom. The van der Waals surface area contributed by atoms with Gasteiger partial charge in [-0.05, 0) is 48.6 Å².